The molecule has 1 aromatic carbocycles. The summed E-state index contributed by atoms with van der Waals surface area (Å²) < 4.78 is 27.0. The summed E-state index contributed by atoms with van der Waals surface area (Å²) in [6, 6.07) is 2.91. The summed E-state index contributed by atoms with van der Waals surface area (Å²) in [5.41, 5.74) is 5.23. The third-order valence-electron chi connectivity index (χ3n) is 4.61. The second-order valence-electron chi connectivity index (χ2n) is 6.52. The van der Waals surface area contributed by atoms with E-state index in [1.807, 2.05) is 0 Å². The maximum Gasteiger partial charge on any atom is 0.270 e. The van der Waals surface area contributed by atoms with E-state index in [0.29, 0.717) is 5.56 Å². The van der Waals surface area contributed by atoms with Gasteiger partial charge in [0, 0.05) is 31.1 Å². The molecule has 1 aliphatic heterocycles. The maximum absolute atomic E-state index is 12.9. The number of primary amides is 1. The quantitative estimate of drug-likeness (QED) is 0.519. The molecule has 0 bridgehead atoms. The zero-order valence-corrected chi connectivity index (χ0v) is 15.9. The van der Waals surface area contributed by atoms with Crippen molar-refractivity contribution < 1.29 is 22.9 Å². The van der Waals surface area contributed by atoms with Crippen LogP contribution in [-0.4, -0.2) is 48.6 Å². The molecule has 0 saturated carbocycles. The molecule has 0 aromatic heterocycles. The number of amides is 2. The summed E-state index contributed by atoms with van der Waals surface area (Å²) in [5.74, 6) is -1.42. The lowest BCUT2D eigenvalue weighted by molar-refractivity contribution is -0.385. The molecule has 2 amide bonds. The Kier molecular flexibility index (Phi) is 6.16. The van der Waals surface area contributed by atoms with Crippen LogP contribution in [-0.2, 0) is 19.6 Å². The first-order valence-corrected chi connectivity index (χ1v) is 9.83. The topological polar surface area (TPSA) is 153 Å². The zero-order chi connectivity index (χ0) is 20.4. The first-order chi connectivity index (χ1) is 12.5. The molecule has 1 aromatic rings. The average Bonchev–Trinajstić information content (AvgIpc) is 2.61. The molecule has 27 heavy (non-hydrogen) atoms. The van der Waals surface area contributed by atoms with Crippen LogP contribution in [0.15, 0.2) is 23.1 Å². The number of hydrogen-bond acceptors (Lipinski definition) is 6. The summed E-state index contributed by atoms with van der Waals surface area (Å²) in [6.07, 6.45) is 0.565. The van der Waals surface area contributed by atoms with Gasteiger partial charge in [0.1, 0.15) is 6.04 Å². The minimum atomic E-state index is -3.91. The van der Waals surface area contributed by atoms with Crippen LogP contribution in [0.5, 0.6) is 0 Å². The number of non-ortho nitro benzene ring substituents is 1. The number of nitrogens with two attached hydrogens (primary N) is 1. The van der Waals surface area contributed by atoms with Gasteiger partial charge in [-0.05, 0) is 32.3 Å². The molecule has 10 nitrogen and oxygen atoms in total. The fraction of sp³-hybridized carbons (Fsp3) is 0.500. The van der Waals surface area contributed by atoms with Crippen molar-refractivity contribution in [3.8, 4) is 0 Å². The van der Waals surface area contributed by atoms with Gasteiger partial charge in [-0.1, -0.05) is 6.07 Å². The fourth-order valence-electron chi connectivity index (χ4n) is 2.88. The van der Waals surface area contributed by atoms with E-state index >= 15 is 0 Å². The van der Waals surface area contributed by atoms with Gasteiger partial charge >= 0.3 is 0 Å². The van der Waals surface area contributed by atoms with E-state index in [9.17, 15) is 28.1 Å². The Bertz CT molecular complexity index is 862. The normalized spacial score (nSPS) is 17.3. The molecular formula is C16H22N4O6S. The lowest BCUT2D eigenvalue weighted by Crippen LogP contribution is -2.48. The number of rotatable bonds is 6. The van der Waals surface area contributed by atoms with Crippen LogP contribution in [0.3, 0.4) is 0 Å². The van der Waals surface area contributed by atoms with Crippen LogP contribution in [0.1, 0.15) is 25.3 Å². The summed E-state index contributed by atoms with van der Waals surface area (Å²) in [4.78, 5) is 33.4. The summed E-state index contributed by atoms with van der Waals surface area (Å²) in [7, 11) is -3.91. The monoisotopic (exact) mass is 398 g/mol. The molecule has 3 N–H and O–H groups in total. The zero-order valence-electron chi connectivity index (χ0n) is 15.0. The maximum atomic E-state index is 12.9. The van der Waals surface area contributed by atoms with E-state index in [0.717, 1.165) is 6.07 Å². The summed E-state index contributed by atoms with van der Waals surface area (Å²) in [6.45, 7) is 3.26. The number of benzene rings is 1. The van der Waals surface area contributed by atoms with Crippen LogP contribution in [0.4, 0.5) is 5.69 Å². The molecule has 0 spiro atoms. The van der Waals surface area contributed by atoms with Crippen molar-refractivity contribution in [2.24, 2.45) is 11.7 Å². The highest BCUT2D eigenvalue weighted by Crippen LogP contribution is 2.28. The number of hydrogen-bond donors (Lipinski definition) is 2. The Morgan fingerprint density at radius 2 is 1.93 bits per heavy atom. The summed E-state index contributed by atoms with van der Waals surface area (Å²) >= 11 is 0. The van der Waals surface area contributed by atoms with Gasteiger partial charge in [0.25, 0.3) is 5.69 Å². The second kappa shape index (κ2) is 8.01. The molecular weight excluding hydrogens is 376 g/mol. The highest BCUT2D eigenvalue weighted by molar-refractivity contribution is 7.89. The molecule has 0 radical (unpaired) electrons. The van der Waals surface area contributed by atoms with Crippen LogP contribution in [0.25, 0.3) is 0 Å². The number of carbonyl (C=O) groups is 2. The molecule has 1 aliphatic rings. The van der Waals surface area contributed by atoms with Crippen molar-refractivity contribution in [2.45, 2.75) is 37.6 Å². The molecule has 1 atom stereocenters. The number of carbonyl (C=O) groups excluding carboxylic acids is 2. The van der Waals surface area contributed by atoms with E-state index in [2.05, 4.69) is 5.32 Å². The first-order valence-electron chi connectivity index (χ1n) is 8.39. The number of aryl methyl sites for hydroxylation is 1. The number of nitro benzene ring substituents is 1. The van der Waals surface area contributed by atoms with Crippen LogP contribution >= 0.6 is 0 Å². The Balaban J connectivity index is 2.11. The van der Waals surface area contributed by atoms with Crippen molar-refractivity contribution in [1.82, 2.24) is 9.62 Å². The largest absolute Gasteiger partial charge is 0.368 e. The third-order valence-corrected chi connectivity index (χ3v) is 6.65. The number of nitro groups is 1. The van der Waals surface area contributed by atoms with E-state index in [4.69, 9.17) is 5.73 Å². The predicted molar refractivity (Wildman–Crippen MR) is 96.1 cm³/mol. The van der Waals surface area contributed by atoms with E-state index in [1.165, 1.54) is 23.4 Å². The Labute approximate surface area is 156 Å². The van der Waals surface area contributed by atoms with Gasteiger partial charge in [0.2, 0.25) is 21.8 Å². The summed E-state index contributed by atoms with van der Waals surface area (Å²) in [5, 5.41) is 13.4. The minimum Gasteiger partial charge on any atom is -0.368 e. The number of piperidine rings is 1. The Morgan fingerprint density at radius 3 is 2.44 bits per heavy atom. The van der Waals surface area contributed by atoms with Gasteiger partial charge in [0.15, 0.2) is 0 Å². The molecule has 0 aliphatic carbocycles. The standard InChI is InChI=1S/C16H22N4O6S/c1-10-3-4-13(20(23)24)9-14(10)27(25,26)19-7-5-12(6-8-19)16(22)18-11(2)15(17)21/h3-4,9,11-12H,5-8H2,1-2H3,(H2,17,21)(H,18,22)/t11-/m0/s1. The molecule has 1 heterocycles. The lowest BCUT2D eigenvalue weighted by Gasteiger charge is -2.31. The fourth-order valence-corrected chi connectivity index (χ4v) is 4.59. The number of sulfonamides is 1. The van der Waals surface area contributed by atoms with Gasteiger partial charge in [-0.15, -0.1) is 0 Å². The van der Waals surface area contributed by atoms with Crippen molar-refractivity contribution >= 4 is 27.5 Å². The molecule has 11 heteroatoms. The SMILES string of the molecule is Cc1ccc([N+](=O)[O-])cc1S(=O)(=O)N1CCC(C(=O)N[C@@H](C)C(N)=O)CC1. The van der Waals surface area contributed by atoms with E-state index < -0.39 is 32.8 Å². The van der Waals surface area contributed by atoms with Crippen molar-refractivity contribution in [3.63, 3.8) is 0 Å². The highest BCUT2D eigenvalue weighted by atomic mass is 32.2. The van der Waals surface area contributed by atoms with Gasteiger partial charge in [-0.2, -0.15) is 4.31 Å². The minimum absolute atomic E-state index is 0.105. The average molecular weight is 398 g/mol. The van der Waals surface area contributed by atoms with Crippen molar-refractivity contribution in [1.29, 1.82) is 0 Å². The number of nitrogens with one attached hydrogen (secondary N) is 1. The van der Waals surface area contributed by atoms with Gasteiger partial charge in [0.05, 0.1) is 9.82 Å². The van der Waals surface area contributed by atoms with Crippen LogP contribution in [0.2, 0.25) is 0 Å². The Morgan fingerprint density at radius 1 is 1.33 bits per heavy atom. The van der Waals surface area contributed by atoms with Gasteiger partial charge < -0.3 is 11.1 Å². The predicted octanol–water partition coefficient (Wildman–Crippen LogP) is 0.294. The van der Waals surface area contributed by atoms with Gasteiger partial charge in [-0.3, -0.25) is 19.7 Å². The van der Waals surface area contributed by atoms with E-state index in [-0.39, 0.29) is 42.4 Å². The van der Waals surface area contributed by atoms with Gasteiger partial charge in [-0.25, -0.2) is 8.42 Å². The first kappa shape index (κ1) is 20.8. The van der Waals surface area contributed by atoms with Crippen LogP contribution in [0, 0.1) is 23.0 Å². The second-order valence-corrected chi connectivity index (χ2v) is 8.42. The molecule has 2 rings (SSSR count). The highest BCUT2D eigenvalue weighted by Gasteiger charge is 2.34. The molecule has 1 fully saturated rings. The third kappa shape index (κ3) is 4.61. The molecule has 1 saturated heterocycles. The van der Waals surface area contributed by atoms with Crippen molar-refractivity contribution in [3.05, 3.63) is 33.9 Å². The smallest absolute Gasteiger partial charge is 0.270 e. The molecule has 0 unspecified atom stereocenters. The lowest BCUT2D eigenvalue weighted by atomic mass is 9.97. The molecule has 148 valence electrons. The van der Waals surface area contributed by atoms with Crippen LogP contribution < -0.4 is 11.1 Å². The Hall–Kier alpha value is -2.53. The van der Waals surface area contributed by atoms with E-state index in [1.54, 1.807) is 6.92 Å². The number of nitrogens with zero attached hydrogens (tertiary/aromatic N) is 2. The van der Waals surface area contributed by atoms with Crippen molar-refractivity contribution in [2.75, 3.05) is 13.1 Å².